The van der Waals surface area contributed by atoms with Crippen LogP contribution in [0, 0.1) is 0 Å². The monoisotopic (exact) mass is 673 g/mol. The van der Waals surface area contributed by atoms with E-state index in [-0.39, 0.29) is 25.5 Å². The molecule has 46 heavy (non-hydrogen) atoms. The van der Waals surface area contributed by atoms with Crippen LogP contribution < -0.4 is 10.2 Å². The number of unbranched alkanes of at least 4 members (excludes halogenated alkanes) is 18. The van der Waals surface area contributed by atoms with Crippen molar-refractivity contribution in [3.63, 3.8) is 0 Å². The van der Waals surface area contributed by atoms with Gasteiger partial charge in [-0.05, 0) is 32.1 Å². The molecule has 0 aromatic rings. The molecule has 9 heteroatoms. The number of quaternary nitrogens is 1. The zero-order valence-corrected chi connectivity index (χ0v) is 31.4. The molecule has 0 fully saturated rings. The Bertz CT molecular complexity index is 814. The Morgan fingerprint density at radius 1 is 0.739 bits per heavy atom. The van der Waals surface area contributed by atoms with E-state index in [1.165, 1.54) is 103 Å². The van der Waals surface area contributed by atoms with Gasteiger partial charge in [0.1, 0.15) is 13.2 Å². The van der Waals surface area contributed by atoms with Crippen molar-refractivity contribution in [2.45, 2.75) is 167 Å². The number of carbonyl (C=O) groups is 1. The van der Waals surface area contributed by atoms with Gasteiger partial charge in [-0.1, -0.05) is 141 Å². The summed E-state index contributed by atoms with van der Waals surface area (Å²) in [5.41, 5.74) is 0. The lowest BCUT2D eigenvalue weighted by Crippen LogP contribution is -2.46. The second-order valence-electron chi connectivity index (χ2n) is 13.9. The van der Waals surface area contributed by atoms with Gasteiger partial charge in [-0.3, -0.25) is 9.36 Å². The fraction of sp³-hybridized carbons (Fsp3) is 0.865. The third-order valence-corrected chi connectivity index (χ3v) is 9.16. The highest BCUT2D eigenvalue weighted by Crippen LogP contribution is 2.38. The summed E-state index contributed by atoms with van der Waals surface area (Å²) in [7, 11) is 1.24. The summed E-state index contributed by atoms with van der Waals surface area (Å²) in [4.78, 5) is 25.0. The van der Waals surface area contributed by atoms with Crippen molar-refractivity contribution in [1.82, 2.24) is 5.32 Å². The van der Waals surface area contributed by atoms with Crippen LogP contribution in [-0.2, 0) is 18.4 Å². The van der Waals surface area contributed by atoms with E-state index < -0.39 is 20.0 Å². The van der Waals surface area contributed by atoms with Crippen LogP contribution in [0.1, 0.15) is 155 Å². The highest BCUT2D eigenvalue weighted by molar-refractivity contribution is 7.45. The first-order chi connectivity index (χ1) is 22.0. The van der Waals surface area contributed by atoms with Crippen LogP contribution in [0.5, 0.6) is 0 Å². The third kappa shape index (κ3) is 31.6. The average molecular weight is 673 g/mol. The predicted octanol–water partition coefficient (Wildman–Crippen LogP) is 8.77. The summed E-state index contributed by atoms with van der Waals surface area (Å²) in [5, 5.41) is 13.7. The molecule has 0 spiro atoms. The molecule has 0 saturated carbocycles. The Balaban J connectivity index is 4.62. The van der Waals surface area contributed by atoms with Gasteiger partial charge in [0.25, 0.3) is 7.82 Å². The van der Waals surface area contributed by atoms with Crippen LogP contribution >= 0.6 is 7.82 Å². The van der Waals surface area contributed by atoms with Crippen LogP contribution in [-0.4, -0.2) is 68.5 Å². The van der Waals surface area contributed by atoms with Gasteiger partial charge in [0.2, 0.25) is 5.91 Å². The Kier molecular flexibility index (Phi) is 29.4. The number of nitrogens with one attached hydrogen (secondary N) is 1. The zero-order valence-electron chi connectivity index (χ0n) is 30.5. The van der Waals surface area contributed by atoms with Crippen LogP contribution in [0.4, 0.5) is 0 Å². The fourth-order valence-electron chi connectivity index (χ4n) is 5.12. The first-order valence-electron chi connectivity index (χ1n) is 18.7. The molecule has 0 aliphatic carbocycles. The molecular formula is C37H73N2O6P. The molecule has 1 unspecified atom stereocenters. The molecule has 0 aliphatic heterocycles. The number of phosphoric ester groups is 1. The molecule has 0 aromatic carbocycles. The highest BCUT2D eigenvalue weighted by Gasteiger charge is 2.23. The second-order valence-corrected chi connectivity index (χ2v) is 15.4. The molecular weight excluding hydrogens is 599 g/mol. The molecule has 0 saturated heterocycles. The van der Waals surface area contributed by atoms with Gasteiger partial charge in [0.05, 0.1) is 39.9 Å². The summed E-state index contributed by atoms with van der Waals surface area (Å²) >= 11 is 0. The lowest BCUT2D eigenvalue weighted by atomic mass is 10.1. The smallest absolute Gasteiger partial charge is 0.268 e. The Morgan fingerprint density at radius 2 is 1.20 bits per heavy atom. The maximum atomic E-state index is 12.7. The van der Waals surface area contributed by atoms with E-state index in [0.29, 0.717) is 17.4 Å². The van der Waals surface area contributed by atoms with Crippen LogP contribution in [0.15, 0.2) is 24.3 Å². The summed E-state index contributed by atoms with van der Waals surface area (Å²) in [6.07, 6.45) is 32.2. The van der Waals surface area contributed by atoms with Gasteiger partial charge >= 0.3 is 0 Å². The van der Waals surface area contributed by atoms with Crippen molar-refractivity contribution in [2.24, 2.45) is 0 Å². The molecule has 0 heterocycles. The van der Waals surface area contributed by atoms with Crippen molar-refractivity contribution < 1.29 is 32.9 Å². The molecule has 3 atom stereocenters. The van der Waals surface area contributed by atoms with E-state index in [4.69, 9.17) is 9.05 Å². The topological polar surface area (TPSA) is 108 Å². The van der Waals surface area contributed by atoms with Gasteiger partial charge < -0.3 is 28.8 Å². The molecule has 0 aromatic heterocycles. The molecule has 0 bridgehead atoms. The van der Waals surface area contributed by atoms with Gasteiger partial charge in [0.15, 0.2) is 0 Å². The Morgan fingerprint density at radius 3 is 1.67 bits per heavy atom. The number of aliphatic hydroxyl groups is 1. The maximum Gasteiger partial charge on any atom is 0.268 e. The fourth-order valence-corrected chi connectivity index (χ4v) is 5.84. The van der Waals surface area contributed by atoms with Gasteiger partial charge in [0, 0.05) is 6.42 Å². The van der Waals surface area contributed by atoms with Crippen LogP contribution in [0.2, 0.25) is 0 Å². The average Bonchev–Trinajstić information content (AvgIpc) is 2.99. The number of nitrogens with zero attached hydrogens (tertiary/aromatic N) is 1. The number of hydrogen-bond donors (Lipinski definition) is 2. The molecule has 8 nitrogen and oxygen atoms in total. The standard InChI is InChI=1S/C37H73N2O6P/c1-6-8-10-12-14-16-18-19-21-22-24-26-28-30-36(40)35(34-45-46(42,43)44-33-32-39(3,4)5)38-37(41)31-29-27-25-23-20-17-15-13-11-9-7-2/h26-29,35-36,40H,6-25,30-34H2,1-5H3,(H-,38,41,42,43)/t35-,36+/m0/s1. The van der Waals surface area contributed by atoms with Crippen molar-refractivity contribution in [3.8, 4) is 0 Å². The van der Waals surface area contributed by atoms with E-state index in [0.717, 1.165) is 25.7 Å². The Labute approximate surface area is 284 Å². The summed E-state index contributed by atoms with van der Waals surface area (Å²) in [6, 6.07) is -0.875. The van der Waals surface area contributed by atoms with E-state index in [1.807, 2.05) is 39.4 Å². The minimum absolute atomic E-state index is 0.00476. The number of rotatable bonds is 33. The van der Waals surface area contributed by atoms with E-state index in [1.54, 1.807) is 0 Å². The molecule has 0 radical (unpaired) electrons. The number of carbonyl (C=O) groups excluding carboxylic acids is 1. The van der Waals surface area contributed by atoms with E-state index >= 15 is 0 Å². The molecule has 0 rings (SSSR count). The maximum absolute atomic E-state index is 12.7. The number of likely N-dealkylation sites (N-methyl/N-ethyl adjacent to an activating group) is 1. The van der Waals surface area contributed by atoms with Crippen molar-refractivity contribution in [2.75, 3.05) is 40.9 Å². The third-order valence-electron chi connectivity index (χ3n) is 8.20. The van der Waals surface area contributed by atoms with E-state index in [2.05, 4.69) is 25.2 Å². The summed E-state index contributed by atoms with van der Waals surface area (Å²) in [5.74, 6) is -0.277. The molecule has 272 valence electrons. The normalized spacial score (nSPS) is 15.0. The van der Waals surface area contributed by atoms with Crippen molar-refractivity contribution in [3.05, 3.63) is 24.3 Å². The van der Waals surface area contributed by atoms with Crippen LogP contribution in [0.25, 0.3) is 0 Å². The quantitative estimate of drug-likeness (QED) is 0.0312. The number of amides is 1. The summed E-state index contributed by atoms with van der Waals surface area (Å²) in [6.45, 7) is 4.59. The predicted molar refractivity (Wildman–Crippen MR) is 192 cm³/mol. The minimum atomic E-state index is -4.58. The van der Waals surface area contributed by atoms with Crippen LogP contribution in [0.3, 0.4) is 0 Å². The lowest BCUT2D eigenvalue weighted by molar-refractivity contribution is -0.870. The molecule has 0 aliphatic rings. The molecule has 2 N–H and O–H groups in total. The largest absolute Gasteiger partial charge is 0.756 e. The van der Waals surface area contributed by atoms with E-state index in [9.17, 15) is 19.4 Å². The first-order valence-corrected chi connectivity index (χ1v) is 20.1. The zero-order chi connectivity index (χ0) is 34.4. The number of allylic oxidation sites excluding steroid dienone is 2. The van der Waals surface area contributed by atoms with Gasteiger partial charge in [-0.25, -0.2) is 0 Å². The number of hydrogen-bond acceptors (Lipinski definition) is 6. The van der Waals surface area contributed by atoms with Crippen molar-refractivity contribution >= 4 is 13.7 Å². The number of aliphatic hydroxyl groups excluding tert-OH is 1. The minimum Gasteiger partial charge on any atom is -0.756 e. The Hall–Kier alpha value is -1.02. The molecule has 1 amide bonds. The van der Waals surface area contributed by atoms with Gasteiger partial charge in [-0.2, -0.15) is 0 Å². The summed E-state index contributed by atoms with van der Waals surface area (Å²) < 4.78 is 23.0. The number of phosphoric acid groups is 1. The highest BCUT2D eigenvalue weighted by atomic mass is 31.2. The second kappa shape index (κ2) is 30.1. The first kappa shape index (κ1) is 45.0. The lowest BCUT2D eigenvalue weighted by Gasteiger charge is -2.29. The van der Waals surface area contributed by atoms with Crippen molar-refractivity contribution in [1.29, 1.82) is 0 Å². The SMILES string of the molecule is CCCCCCCCCCC=CCC(=O)N[C@@H](COP(=O)([O-])OCC[N+](C)(C)C)[C@H](O)CC=CCCCCCCCCCCCC. The van der Waals surface area contributed by atoms with Gasteiger partial charge in [-0.15, -0.1) is 0 Å².